The lowest BCUT2D eigenvalue weighted by atomic mass is 10.1. The lowest BCUT2D eigenvalue weighted by Gasteiger charge is -2.20. The number of hydrogen-bond acceptors (Lipinski definition) is 3. The van der Waals surface area contributed by atoms with Crippen LogP contribution in [0.1, 0.15) is 26.3 Å². The molecule has 2 aromatic rings. The normalized spacial score (nSPS) is 11.6. The molecular formula is C15H18ClN3. The van der Waals surface area contributed by atoms with Crippen molar-refractivity contribution < 1.29 is 0 Å². The van der Waals surface area contributed by atoms with E-state index in [2.05, 4.69) is 48.2 Å². The van der Waals surface area contributed by atoms with Crippen LogP contribution in [-0.2, 0) is 6.54 Å². The molecule has 0 aliphatic rings. The van der Waals surface area contributed by atoms with E-state index < -0.39 is 0 Å². The second-order valence-electron chi connectivity index (χ2n) is 5.51. The minimum absolute atomic E-state index is 0.105. The lowest BCUT2D eigenvalue weighted by molar-refractivity contribution is 0.424. The highest BCUT2D eigenvalue weighted by molar-refractivity contribution is 6.28. The summed E-state index contributed by atoms with van der Waals surface area (Å²) in [6.45, 7) is 7.29. The minimum atomic E-state index is 0.105. The Bertz CT molecular complexity index is 561. The van der Waals surface area contributed by atoms with Crippen LogP contribution >= 0.6 is 11.6 Å². The van der Waals surface area contributed by atoms with Gasteiger partial charge in [-0.05, 0) is 50.1 Å². The molecule has 1 N–H and O–H groups in total. The molecule has 1 heterocycles. The zero-order chi connectivity index (χ0) is 13.9. The van der Waals surface area contributed by atoms with E-state index in [-0.39, 0.29) is 10.8 Å². The molecule has 1 aromatic heterocycles. The highest BCUT2D eigenvalue weighted by Crippen LogP contribution is 2.19. The number of aromatic nitrogens is 2. The third-order valence-corrected chi connectivity index (χ3v) is 2.85. The number of nitrogens with one attached hydrogen (secondary N) is 1. The Balaban J connectivity index is 2.20. The van der Waals surface area contributed by atoms with Crippen molar-refractivity contribution >= 4 is 11.6 Å². The van der Waals surface area contributed by atoms with Crippen LogP contribution in [0.2, 0.25) is 5.28 Å². The molecule has 0 amide bonds. The zero-order valence-corrected chi connectivity index (χ0v) is 12.2. The van der Waals surface area contributed by atoms with Gasteiger partial charge in [-0.1, -0.05) is 18.2 Å². The number of hydrogen-bond donors (Lipinski definition) is 1. The monoisotopic (exact) mass is 275 g/mol. The summed E-state index contributed by atoms with van der Waals surface area (Å²) in [5.41, 5.74) is 3.23. The molecule has 19 heavy (non-hydrogen) atoms. The van der Waals surface area contributed by atoms with E-state index in [4.69, 9.17) is 11.6 Å². The summed E-state index contributed by atoms with van der Waals surface area (Å²) in [5, 5.41) is 3.74. The first kappa shape index (κ1) is 14.0. The van der Waals surface area contributed by atoms with Gasteiger partial charge in [0.2, 0.25) is 5.28 Å². The summed E-state index contributed by atoms with van der Waals surface area (Å²) in [4.78, 5) is 8.13. The van der Waals surface area contributed by atoms with Gasteiger partial charge in [-0.25, -0.2) is 9.97 Å². The van der Waals surface area contributed by atoms with Crippen molar-refractivity contribution in [2.24, 2.45) is 0 Å². The lowest BCUT2D eigenvalue weighted by Crippen LogP contribution is -2.35. The molecule has 0 bridgehead atoms. The van der Waals surface area contributed by atoms with Crippen molar-refractivity contribution in [2.45, 2.75) is 32.9 Å². The van der Waals surface area contributed by atoms with Gasteiger partial charge >= 0.3 is 0 Å². The first-order valence-electron chi connectivity index (χ1n) is 6.27. The Morgan fingerprint density at radius 2 is 2.00 bits per heavy atom. The van der Waals surface area contributed by atoms with Gasteiger partial charge in [-0.15, -0.1) is 0 Å². The Hall–Kier alpha value is -1.45. The quantitative estimate of drug-likeness (QED) is 0.868. The Morgan fingerprint density at radius 1 is 1.21 bits per heavy atom. The van der Waals surface area contributed by atoms with Crippen molar-refractivity contribution in [1.82, 2.24) is 15.3 Å². The number of halogens is 1. The molecule has 0 atom stereocenters. The van der Waals surface area contributed by atoms with Crippen molar-refractivity contribution in [2.75, 3.05) is 0 Å². The van der Waals surface area contributed by atoms with Crippen molar-refractivity contribution in [3.63, 3.8) is 0 Å². The molecule has 0 aliphatic carbocycles. The zero-order valence-electron chi connectivity index (χ0n) is 11.4. The van der Waals surface area contributed by atoms with E-state index in [0.29, 0.717) is 0 Å². The first-order valence-corrected chi connectivity index (χ1v) is 6.65. The van der Waals surface area contributed by atoms with Gasteiger partial charge in [-0.3, -0.25) is 0 Å². The fraction of sp³-hybridized carbons (Fsp3) is 0.333. The van der Waals surface area contributed by atoms with Crippen molar-refractivity contribution in [3.8, 4) is 11.3 Å². The maximum Gasteiger partial charge on any atom is 0.222 e. The summed E-state index contributed by atoms with van der Waals surface area (Å²) in [5.74, 6) is 0. The fourth-order valence-corrected chi connectivity index (χ4v) is 1.85. The van der Waals surface area contributed by atoms with Gasteiger partial charge in [-0.2, -0.15) is 0 Å². The fourth-order valence-electron chi connectivity index (χ4n) is 1.70. The van der Waals surface area contributed by atoms with Crippen molar-refractivity contribution in [1.29, 1.82) is 0 Å². The number of nitrogens with zero attached hydrogens (tertiary/aromatic N) is 2. The second-order valence-corrected chi connectivity index (χ2v) is 5.85. The molecule has 0 spiro atoms. The third-order valence-electron chi connectivity index (χ3n) is 2.67. The Labute approximate surface area is 119 Å². The van der Waals surface area contributed by atoms with E-state index in [1.165, 1.54) is 5.56 Å². The van der Waals surface area contributed by atoms with E-state index >= 15 is 0 Å². The van der Waals surface area contributed by atoms with E-state index in [1.54, 1.807) is 6.20 Å². The van der Waals surface area contributed by atoms with Crippen LogP contribution in [0.15, 0.2) is 36.5 Å². The number of benzene rings is 1. The molecule has 0 fully saturated rings. The van der Waals surface area contributed by atoms with Gasteiger partial charge in [0.05, 0.1) is 5.69 Å². The maximum atomic E-state index is 5.82. The molecule has 0 aliphatic heterocycles. The summed E-state index contributed by atoms with van der Waals surface area (Å²) in [6, 6.07) is 10.1. The molecule has 0 radical (unpaired) electrons. The summed E-state index contributed by atoms with van der Waals surface area (Å²) in [7, 11) is 0. The molecule has 0 unspecified atom stereocenters. The molecule has 100 valence electrons. The summed E-state index contributed by atoms with van der Waals surface area (Å²) in [6.07, 6.45) is 1.67. The van der Waals surface area contributed by atoms with Crippen molar-refractivity contribution in [3.05, 3.63) is 47.4 Å². The first-order chi connectivity index (χ1) is 8.94. The van der Waals surface area contributed by atoms with Gasteiger partial charge in [0.1, 0.15) is 0 Å². The third kappa shape index (κ3) is 4.30. The number of rotatable bonds is 3. The summed E-state index contributed by atoms with van der Waals surface area (Å²) < 4.78 is 0. The Kier molecular flexibility index (Phi) is 4.17. The van der Waals surface area contributed by atoms with Gasteiger partial charge < -0.3 is 5.32 Å². The second kappa shape index (κ2) is 5.68. The highest BCUT2D eigenvalue weighted by atomic mass is 35.5. The van der Waals surface area contributed by atoms with Crippen LogP contribution < -0.4 is 5.32 Å². The average molecular weight is 276 g/mol. The largest absolute Gasteiger partial charge is 0.308 e. The van der Waals surface area contributed by atoms with E-state index in [1.807, 2.05) is 18.2 Å². The van der Waals surface area contributed by atoms with Crippen LogP contribution in [0.25, 0.3) is 11.3 Å². The molecule has 0 saturated carbocycles. The molecule has 0 saturated heterocycles. The smallest absolute Gasteiger partial charge is 0.222 e. The molecule has 3 nitrogen and oxygen atoms in total. The van der Waals surface area contributed by atoms with Crippen LogP contribution in [0.3, 0.4) is 0 Å². The van der Waals surface area contributed by atoms with Crippen LogP contribution in [0, 0.1) is 0 Å². The average Bonchev–Trinajstić information content (AvgIpc) is 2.36. The molecule has 1 aromatic carbocycles. The van der Waals surface area contributed by atoms with E-state index in [9.17, 15) is 0 Å². The summed E-state index contributed by atoms with van der Waals surface area (Å²) >= 11 is 5.82. The topological polar surface area (TPSA) is 37.8 Å². The Morgan fingerprint density at radius 3 is 2.68 bits per heavy atom. The maximum absolute atomic E-state index is 5.82. The van der Waals surface area contributed by atoms with Crippen LogP contribution in [0.5, 0.6) is 0 Å². The standard InChI is InChI=1S/C15H18ClN3/c1-15(2,3)18-10-11-5-4-6-12(9-11)13-7-8-17-14(16)19-13/h4-9,18H,10H2,1-3H3. The molecule has 2 rings (SSSR count). The van der Waals surface area contributed by atoms with Gasteiger partial charge in [0.25, 0.3) is 0 Å². The van der Waals surface area contributed by atoms with Gasteiger partial charge in [0.15, 0.2) is 0 Å². The predicted octanol–water partition coefficient (Wildman–Crippen LogP) is 3.69. The SMILES string of the molecule is CC(C)(C)NCc1cccc(-c2ccnc(Cl)n2)c1. The molecular weight excluding hydrogens is 258 g/mol. The van der Waals surface area contributed by atoms with E-state index in [0.717, 1.165) is 17.8 Å². The highest BCUT2D eigenvalue weighted by Gasteiger charge is 2.09. The minimum Gasteiger partial charge on any atom is -0.308 e. The molecule has 4 heteroatoms. The van der Waals surface area contributed by atoms with Crippen LogP contribution in [-0.4, -0.2) is 15.5 Å². The van der Waals surface area contributed by atoms with Crippen LogP contribution in [0.4, 0.5) is 0 Å². The predicted molar refractivity (Wildman–Crippen MR) is 79.1 cm³/mol. The van der Waals surface area contributed by atoms with Gasteiger partial charge in [0, 0.05) is 23.8 Å².